The summed E-state index contributed by atoms with van der Waals surface area (Å²) in [6.45, 7) is 1.72. The maximum Gasteiger partial charge on any atom is 0.220 e. The molecular weight excluding hydrogens is 276 g/mol. The van der Waals surface area contributed by atoms with Gasteiger partial charge in [0, 0.05) is 25.6 Å². The molecule has 4 bridgehead atoms. The number of nitrogens with one attached hydrogen (secondary N) is 1. The fraction of sp³-hybridized carbons (Fsp3) is 0.944. The Morgan fingerprint density at radius 2 is 1.91 bits per heavy atom. The summed E-state index contributed by atoms with van der Waals surface area (Å²) >= 11 is 0. The van der Waals surface area contributed by atoms with E-state index in [2.05, 4.69) is 17.3 Å². The molecule has 1 amide bonds. The van der Waals surface area contributed by atoms with Crippen molar-refractivity contribution < 1.29 is 9.90 Å². The molecule has 2 N–H and O–H groups in total. The largest absolute Gasteiger partial charge is 0.390 e. The van der Waals surface area contributed by atoms with Crippen molar-refractivity contribution in [3.8, 4) is 0 Å². The van der Waals surface area contributed by atoms with Crippen molar-refractivity contribution in [2.24, 2.45) is 17.3 Å². The van der Waals surface area contributed by atoms with Crippen LogP contribution in [0.15, 0.2) is 0 Å². The monoisotopic (exact) mass is 306 g/mol. The van der Waals surface area contributed by atoms with Crippen LogP contribution in [0.1, 0.15) is 57.8 Å². The third kappa shape index (κ3) is 2.92. The van der Waals surface area contributed by atoms with Crippen LogP contribution in [0.2, 0.25) is 0 Å². The van der Waals surface area contributed by atoms with Gasteiger partial charge in [-0.1, -0.05) is 0 Å². The summed E-state index contributed by atoms with van der Waals surface area (Å²) in [5, 5.41) is 13.9. The van der Waals surface area contributed by atoms with Gasteiger partial charge in [0.2, 0.25) is 5.91 Å². The molecule has 4 nitrogen and oxygen atoms in total. The van der Waals surface area contributed by atoms with E-state index in [1.807, 2.05) is 0 Å². The van der Waals surface area contributed by atoms with Gasteiger partial charge in [-0.3, -0.25) is 4.79 Å². The molecule has 0 heterocycles. The Hall–Kier alpha value is -0.610. The van der Waals surface area contributed by atoms with Gasteiger partial charge in [-0.2, -0.15) is 0 Å². The zero-order valence-electron chi connectivity index (χ0n) is 13.8. The molecule has 0 aromatic heterocycles. The number of rotatable bonds is 6. The van der Waals surface area contributed by atoms with Gasteiger partial charge in [-0.25, -0.2) is 0 Å². The Kier molecular flexibility index (Phi) is 3.53. The Labute approximate surface area is 133 Å². The lowest BCUT2D eigenvalue weighted by Gasteiger charge is -2.60. The van der Waals surface area contributed by atoms with Crippen molar-refractivity contribution >= 4 is 5.91 Å². The average Bonchev–Trinajstić information content (AvgIpc) is 3.18. The van der Waals surface area contributed by atoms with E-state index in [-0.39, 0.29) is 11.3 Å². The minimum absolute atomic E-state index is 0.102. The third-order valence-electron chi connectivity index (χ3n) is 6.64. The van der Waals surface area contributed by atoms with Crippen LogP contribution in [0.5, 0.6) is 0 Å². The third-order valence-corrected chi connectivity index (χ3v) is 6.64. The molecule has 0 spiro atoms. The first-order chi connectivity index (χ1) is 10.5. The number of amides is 1. The van der Waals surface area contributed by atoms with E-state index in [1.54, 1.807) is 0 Å². The Balaban J connectivity index is 1.29. The second-order valence-electron chi connectivity index (χ2n) is 8.92. The van der Waals surface area contributed by atoms with Crippen molar-refractivity contribution in [2.45, 2.75) is 69.4 Å². The molecule has 5 saturated carbocycles. The number of hydrogen-bond donors (Lipinski definition) is 2. The van der Waals surface area contributed by atoms with Crippen molar-refractivity contribution in [3.63, 3.8) is 0 Å². The van der Waals surface area contributed by atoms with Crippen LogP contribution in [-0.2, 0) is 4.79 Å². The van der Waals surface area contributed by atoms with Gasteiger partial charge < -0.3 is 15.3 Å². The number of hydrogen-bond acceptors (Lipinski definition) is 3. The topological polar surface area (TPSA) is 52.6 Å². The van der Waals surface area contributed by atoms with Gasteiger partial charge in [0.05, 0.1) is 5.60 Å². The van der Waals surface area contributed by atoms with Crippen molar-refractivity contribution in [3.05, 3.63) is 0 Å². The van der Waals surface area contributed by atoms with E-state index >= 15 is 0 Å². The Morgan fingerprint density at radius 1 is 1.23 bits per heavy atom. The normalized spacial score (nSPS) is 42.9. The van der Waals surface area contributed by atoms with Crippen LogP contribution >= 0.6 is 0 Å². The van der Waals surface area contributed by atoms with Crippen LogP contribution in [-0.4, -0.2) is 47.7 Å². The van der Waals surface area contributed by atoms with E-state index in [9.17, 15) is 9.90 Å². The summed E-state index contributed by atoms with van der Waals surface area (Å²) < 4.78 is 0. The van der Waals surface area contributed by atoms with E-state index in [1.165, 1.54) is 32.1 Å². The second-order valence-corrected chi connectivity index (χ2v) is 8.92. The molecule has 124 valence electrons. The minimum atomic E-state index is -0.448. The lowest BCUT2D eigenvalue weighted by molar-refractivity contribution is -0.169. The lowest BCUT2D eigenvalue weighted by Crippen LogP contribution is -2.56. The van der Waals surface area contributed by atoms with Gasteiger partial charge in [0.25, 0.3) is 0 Å². The molecule has 0 aromatic carbocycles. The smallest absolute Gasteiger partial charge is 0.220 e. The fourth-order valence-electron chi connectivity index (χ4n) is 6.08. The molecule has 0 saturated heterocycles. The Morgan fingerprint density at radius 3 is 2.50 bits per heavy atom. The van der Waals surface area contributed by atoms with Crippen LogP contribution in [0.3, 0.4) is 0 Å². The highest BCUT2D eigenvalue weighted by atomic mass is 16.3. The number of carbonyl (C=O) groups is 1. The summed E-state index contributed by atoms with van der Waals surface area (Å²) in [5.41, 5.74) is -0.345. The average molecular weight is 306 g/mol. The van der Waals surface area contributed by atoms with E-state index < -0.39 is 5.60 Å². The molecular formula is C18H30N2O2. The fourth-order valence-corrected chi connectivity index (χ4v) is 6.08. The summed E-state index contributed by atoms with van der Waals surface area (Å²) in [4.78, 5) is 14.7. The zero-order valence-corrected chi connectivity index (χ0v) is 13.8. The first-order valence-electron chi connectivity index (χ1n) is 9.15. The molecule has 5 rings (SSSR count). The second kappa shape index (κ2) is 5.20. The molecule has 5 aliphatic rings. The Bertz CT molecular complexity index is 446. The molecule has 5 fully saturated rings. The summed E-state index contributed by atoms with van der Waals surface area (Å²) in [5.74, 6) is 1.54. The van der Waals surface area contributed by atoms with Gasteiger partial charge in [0.1, 0.15) is 0 Å². The summed E-state index contributed by atoms with van der Waals surface area (Å²) in [7, 11) is 2.15. The molecule has 0 aromatic rings. The highest BCUT2D eigenvalue weighted by Crippen LogP contribution is 2.62. The lowest BCUT2D eigenvalue weighted by atomic mass is 9.47. The molecule has 5 aliphatic carbocycles. The highest BCUT2D eigenvalue weighted by molar-refractivity contribution is 5.76. The van der Waals surface area contributed by atoms with Crippen LogP contribution < -0.4 is 5.32 Å². The predicted molar refractivity (Wildman–Crippen MR) is 85.3 cm³/mol. The van der Waals surface area contributed by atoms with Crippen molar-refractivity contribution in [2.75, 3.05) is 20.1 Å². The maximum atomic E-state index is 12.4. The van der Waals surface area contributed by atoms with Crippen molar-refractivity contribution in [1.29, 1.82) is 0 Å². The first kappa shape index (κ1) is 14.9. The van der Waals surface area contributed by atoms with Gasteiger partial charge in [0.15, 0.2) is 0 Å². The molecule has 2 unspecified atom stereocenters. The number of carbonyl (C=O) groups excluding carboxylic acids is 1. The van der Waals surface area contributed by atoms with E-state index in [0.717, 1.165) is 38.4 Å². The van der Waals surface area contributed by atoms with E-state index in [4.69, 9.17) is 0 Å². The predicted octanol–water partition coefficient (Wildman–Crippen LogP) is 1.92. The molecule has 0 aliphatic heterocycles. The van der Waals surface area contributed by atoms with Crippen molar-refractivity contribution in [1.82, 2.24) is 10.2 Å². The highest BCUT2D eigenvalue weighted by Gasteiger charge is 2.57. The van der Waals surface area contributed by atoms with Gasteiger partial charge >= 0.3 is 0 Å². The standard InChI is InChI=1S/C18H30N2O2/c1-20(15-2-3-15)5-4-19-16(21)11-17-7-13-6-14(8-17)10-18(22,9-13)12-17/h13-15,22H,2-12H2,1H3,(H,19,21). The van der Waals surface area contributed by atoms with Crippen LogP contribution in [0.4, 0.5) is 0 Å². The summed E-state index contributed by atoms with van der Waals surface area (Å²) in [6, 6.07) is 0.759. The maximum absolute atomic E-state index is 12.4. The summed E-state index contributed by atoms with van der Waals surface area (Å²) in [6.07, 6.45) is 9.72. The SMILES string of the molecule is CN(CCNC(=O)CC12CC3CC(CC(O)(C3)C1)C2)C1CC1. The zero-order chi connectivity index (χ0) is 15.4. The first-order valence-corrected chi connectivity index (χ1v) is 9.15. The van der Waals surface area contributed by atoms with Crippen LogP contribution in [0.25, 0.3) is 0 Å². The number of aliphatic hydroxyl groups is 1. The number of likely N-dealkylation sites (N-methyl/N-ethyl adjacent to an activating group) is 1. The van der Waals surface area contributed by atoms with Gasteiger partial charge in [-0.05, 0) is 75.7 Å². The number of nitrogens with zero attached hydrogens (tertiary/aromatic N) is 1. The minimum Gasteiger partial charge on any atom is -0.390 e. The molecule has 4 heteroatoms. The van der Waals surface area contributed by atoms with E-state index in [0.29, 0.717) is 18.3 Å². The molecule has 22 heavy (non-hydrogen) atoms. The quantitative estimate of drug-likeness (QED) is 0.788. The van der Waals surface area contributed by atoms with Crippen LogP contribution in [0, 0.1) is 17.3 Å². The molecule has 2 atom stereocenters. The van der Waals surface area contributed by atoms with Gasteiger partial charge in [-0.15, -0.1) is 0 Å². The molecule has 0 radical (unpaired) electrons.